The molecule has 1 saturated heterocycles. The summed E-state index contributed by atoms with van der Waals surface area (Å²) in [4.78, 5) is 18.0. The number of piperidine rings is 1. The van der Waals surface area contributed by atoms with Crippen molar-refractivity contribution >= 4 is 35.8 Å². The molecule has 0 aromatic heterocycles. The minimum atomic E-state index is -0.140. The molecular formula is C21H36IN5O. The molecule has 28 heavy (non-hydrogen) atoms. The lowest BCUT2D eigenvalue weighted by Crippen LogP contribution is -2.40. The number of hydrogen-bond acceptors (Lipinski definition) is 3. The number of halogens is 1. The second kappa shape index (κ2) is 13.8. The highest BCUT2D eigenvalue weighted by Crippen LogP contribution is 2.16. The molecule has 1 aliphatic rings. The van der Waals surface area contributed by atoms with Crippen LogP contribution in [-0.2, 0) is 4.79 Å². The highest BCUT2D eigenvalue weighted by molar-refractivity contribution is 14.0. The maximum absolute atomic E-state index is 11.2. The summed E-state index contributed by atoms with van der Waals surface area (Å²) in [7, 11) is 1.81. The van der Waals surface area contributed by atoms with Gasteiger partial charge in [-0.15, -0.1) is 24.0 Å². The van der Waals surface area contributed by atoms with Crippen LogP contribution in [0.1, 0.15) is 44.1 Å². The Morgan fingerprint density at radius 2 is 1.89 bits per heavy atom. The number of benzene rings is 1. The molecule has 0 aliphatic carbocycles. The molecule has 1 heterocycles. The number of carbonyl (C=O) groups is 1. The Kier molecular flexibility index (Phi) is 12.1. The standard InChI is InChI=1S/C21H35N5O.HI/c1-17(18-8-4-3-5-9-18)16-25-21(23-2)24-12-6-7-13-26-14-10-19(11-15-26)20(22)27;/h3-5,8-9,17,19H,6-7,10-16H2,1-2H3,(H2,22,27)(H2,23,24,25);1H. The number of rotatable bonds is 9. The second-order valence-electron chi connectivity index (χ2n) is 7.42. The molecule has 0 bridgehead atoms. The van der Waals surface area contributed by atoms with Crippen molar-refractivity contribution in [3.63, 3.8) is 0 Å². The molecule has 1 amide bonds. The van der Waals surface area contributed by atoms with Crippen molar-refractivity contribution in [3.05, 3.63) is 35.9 Å². The molecule has 7 heteroatoms. The van der Waals surface area contributed by atoms with E-state index in [1.165, 1.54) is 5.56 Å². The van der Waals surface area contributed by atoms with Gasteiger partial charge in [0.15, 0.2) is 5.96 Å². The molecule has 1 atom stereocenters. The predicted molar refractivity (Wildman–Crippen MR) is 127 cm³/mol. The number of guanidine groups is 1. The molecule has 4 N–H and O–H groups in total. The van der Waals surface area contributed by atoms with Gasteiger partial charge in [-0.25, -0.2) is 0 Å². The molecule has 1 aliphatic heterocycles. The van der Waals surface area contributed by atoms with Crippen LogP contribution in [0.5, 0.6) is 0 Å². The van der Waals surface area contributed by atoms with E-state index in [0.29, 0.717) is 5.92 Å². The molecule has 0 radical (unpaired) electrons. The SMILES string of the molecule is CN=C(NCCCCN1CCC(C(N)=O)CC1)NCC(C)c1ccccc1.I. The lowest BCUT2D eigenvalue weighted by molar-refractivity contribution is -0.123. The van der Waals surface area contributed by atoms with Crippen LogP contribution >= 0.6 is 24.0 Å². The fourth-order valence-corrected chi connectivity index (χ4v) is 3.48. The largest absolute Gasteiger partial charge is 0.369 e. The van der Waals surface area contributed by atoms with Gasteiger partial charge < -0.3 is 21.3 Å². The van der Waals surface area contributed by atoms with Crippen LogP contribution in [0.4, 0.5) is 0 Å². The molecule has 1 aromatic carbocycles. The summed E-state index contributed by atoms with van der Waals surface area (Å²) in [5.41, 5.74) is 6.72. The number of carbonyl (C=O) groups excluding carboxylic acids is 1. The molecule has 0 saturated carbocycles. The third kappa shape index (κ3) is 8.77. The van der Waals surface area contributed by atoms with Crippen LogP contribution in [0.2, 0.25) is 0 Å². The molecule has 158 valence electrons. The Morgan fingerprint density at radius 1 is 1.21 bits per heavy atom. The van der Waals surface area contributed by atoms with Crippen LogP contribution in [0.15, 0.2) is 35.3 Å². The number of amides is 1. The minimum absolute atomic E-state index is 0. The van der Waals surface area contributed by atoms with E-state index in [1.54, 1.807) is 0 Å². The number of nitrogens with one attached hydrogen (secondary N) is 2. The summed E-state index contributed by atoms with van der Waals surface area (Å²) in [5, 5.41) is 6.80. The fraction of sp³-hybridized carbons (Fsp3) is 0.619. The van der Waals surface area contributed by atoms with Crippen LogP contribution in [-0.4, -0.2) is 56.5 Å². The van der Waals surface area contributed by atoms with Gasteiger partial charge in [-0.2, -0.15) is 0 Å². The van der Waals surface area contributed by atoms with Gasteiger partial charge in [0.2, 0.25) is 5.91 Å². The van der Waals surface area contributed by atoms with E-state index in [9.17, 15) is 4.79 Å². The predicted octanol–water partition coefficient (Wildman–Crippen LogP) is 2.55. The maximum atomic E-state index is 11.2. The summed E-state index contributed by atoms with van der Waals surface area (Å²) < 4.78 is 0. The minimum Gasteiger partial charge on any atom is -0.369 e. The number of hydrogen-bond donors (Lipinski definition) is 3. The van der Waals surface area contributed by atoms with Gasteiger partial charge in [-0.05, 0) is 56.8 Å². The average Bonchev–Trinajstić information content (AvgIpc) is 2.70. The normalized spacial score (nSPS) is 16.9. The van der Waals surface area contributed by atoms with Crippen molar-refractivity contribution in [2.24, 2.45) is 16.6 Å². The first kappa shape index (κ1) is 24.7. The number of aliphatic imine (C=N–C) groups is 1. The Balaban J connectivity index is 0.00000392. The monoisotopic (exact) mass is 501 g/mol. The molecular weight excluding hydrogens is 465 g/mol. The van der Waals surface area contributed by atoms with E-state index >= 15 is 0 Å². The maximum Gasteiger partial charge on any atom is 0.220 e. The van der Waals surface area contributed by atoms with E-state index < -0.39 is 0 Å². The topological polar surface area (TPSA) is 82.8 Å². The van der Waals surface area contributed by atoms with Gasteiger partial charge in [-0.1, -0.05) is 37.3 Å². The fourth-order valence-electron chi connectivity index (χ4n) is 3.48. The van der Waals surface area contributed by atoms with E-state index in [-0.39, 0.29) is 35.8 Å². The first-order valence-electron chi connectivity index (χ1n) is 10.1. The van der Waals surface area contributed by atoms with E-state index in [4.69, 9.17) is 5.73 Å². The third-order valence-corrected chi connectivity index (χ3v) is 5.35. The van der Waals surface area contributed by atoms with Crippen molar-refractivity contribution in [3.8, 4) is 0 Å². The van der Waals surface area contributed by atoms with Crippen LogP contribution in [0.3, 0.4) is 0 Å². The van der Waals surface area contributed by atoms with E-state index in [0.717, 1.165) is 64.4 Å². The van der Waals surface area contributed by atoms with Gasteiger partial charge >= 0.3 is 0 Å². The number of nitrogens with two attached hydrogens (primary N) is 1. The van der Waals surface area contributed by atoms with Crippen molar-refractivity contribution in [1.82, 2.24) is 15.5 Å². The Bertz CT molecular complexity index is 588. The summed E-state index contributed by atoms with van der Waals surface area (Å²) in [6.07, 6.45) is 4.06. The molecule has 6 nitrogen and oxygen atoms in total. The van der Waals surface area contributed by atoms with Gasteiger partial charge in [-0.3, -0.25) is 9.79 Å². The Hall–Kier alpha value is -1.35. The number of likely N-dealkylation sites (tertiary alicyclic amines) is 1. The first-order valence-corrected chi connectivity index (χ1v) is 10.1. The van der Waals surface area contributed by atoms with Crippen LogP contribution in [0, 0.1) is 5.92 Å². The second-order valence-corrected chi connectivity index (χ2v) is 7.42. The van der Waals surface area contributed by atoms with Crippen molar-refractivity contribution in [1.29, 1.82) is 0 Å². The molecule has 1 fully saturated rings. The Labute approximate surface area is 186 Å². The van der Waals surface area contributed by atoms with Crippen molar-refractivity contribution < 1.29 is 4.79 Å². The lowest BCUT2D eigenvalue weighted by Gasteiger charge is -2.30. The third-order valence-electron chi connectivity index (χ3n) is 5.35. The van der Waals surface area contributed by atoms with E-state index in [2.05, 4.69) is 51.7 Å². The number of primary amides is 1. The Morgan fingerprint density at radius 3 is 2.50 bits per heavy atom. The molecule has 1 aromatic rings. The zero-order valence-electron chi connectivity index (χ0n) is 17.2. The summed E-state index contributed by atoms with van der Waals surface area (Å²) in [6, 6.07) is 10.5. The molecule has 1 unspecified atom stereocenters. The smallest absolute Gasteiger partial charge is 0.220 e. The van der Waals surface area contributed by atoms with Crippen molar-refractivity contribution in [2.75, 3.05) is 39.8 Å². The number of unbranched alkanes of at least 4 members (excludes halogenated alkanes) is 1. The quantitative estimate of drug-likeness (QED) is 0.210. The van der Waals surface area contributed by atoms with Crippen LogP contribution in [0.25, 0.3) is 0 Å². The van der Waals surface area contributed by atoms with Crippen molar-refractivity contribution in [2.45, 2.75) is 38.5 Å². The van der Waals surface area contributed by atoms with E-state index in [1.807, 2.05) is 13.1 Å². The molecule has 2 rings (SSSR count). The number of nitrogens with zero attached hydrogens (tertiary/aromatic N) is 2. The molecule has 0 spiro atoms. The zero-order valence-corrected chi connectivity index (χ0v) is 19.5. The lowest BCUT2D eigenvalue weighted by atomic mass is 9.96. The summed E-state index contributed by atoms with van der Waals surface area (Å²) >= 11 is 0. The van der Waals surface area contributed by atoms with Gasteiger partial charge in [0.25, 0.3) is 0 Å². The highest BCUT2D eigenvalue weighted by atomic mass is 127. The van der Waals surface area contributed by atoms with Gasteiger partial charge in [0.1, 0.15) is 0 Å². The van der Waals surface area contributed by atoms with Crippen LogP contribution < -0.4 is 16.4 Å². The summed E-state index contributed by atoms with van der Waals surface area (Å²) in [6.45, 7) is 7.06. The zero-order chi connectivity index (χ0) is 19.5. The highest BCUT2D eigenvalue weighted by Gasteiger charge is 2.22. The summed E-state index contributed by atoms with van der Waals surface area (Å²) in [5.74, 6) is 1.24. The average molecular weight is 501 g/mol. The van der Waals surface area contributed by atoms with Gasteiger partial charge in [0, 0.05) is 26.1 Å². The first-order chi connectivity index (χ1) is 13.1. The van der Waals surface area contributed by atoms with Gasteiger partial charge in [0.05, 0.1) is 0 Å².